The molecule has 4 rings (SSSR count). The quantitative estimate of drug-likeness (QED) is 0.775. The summed E-state index contributed by atoms with van der Waals surface area (Å²) in [6.07, 6.45) is 6.69. The van der Waals surface area contributed by atoms with E-state index < -0.39 is 0 Å². The molecular formula is C15H22N6O2. The average Bonchev–Trinajstić information content (AvgIpc) is 3.03. The van der Waals surface area contributed by atoms with E-state index in [1.807, 2.05) is 0 Å². The Balaban J connectivity index is 1.41. The standard InChI is InChI=1S/C15H22N6O2/c22-13(9-21-11-16-17-18-21)20-7-5-15(10-20)4-1-6-19(14(15)23)8-12-2-3-12/h11-12H,1-10H2/t15-/m1/s1. The van der Waals surface area contributed by atoms with Crippen molar-refractivity contribution in [1.29, 1.82) is 0 Å². The van der Waals surface area contributed by atoms with Gasteiger partial charge in [-0.05, 0) is 48.4 Å². The first-order valence-corrected chi connectivity index (χ1v) is 8.44. The van der Waals surface area contributed by atoms with E-state index in [-0.39, 0.29) is 23.8 Å². The number of tetrazole rings is 1. The van der Waals surface area contributed by atoms with Crippen molar-refractivity contribution < 1.29 is 9.59 Å². The van der Waals surface area contributed by atoms with Crippen LogP contribution in [0.25, 0.3) is 0 Å². The Labute approximate surface area is 134 Å². The van der Waals surface area contributed by atoms with E-state index in [0.29, 0.717) is 19.0 Å². The summed E-state index contributed by atoms with van der Waals surface area (Å²) in [7, 11) is 0. The summed E-state index contributed by atoms with van der Waals surface area (Å²) in [5.74, 6) is 0.975. The third-order valence-corrected chi connectivity index (χ3v) is 5.39. The smallest absolute Gasteiger partial charge is 0.244 e. The van der Waals surface area contributed by atoms with Crippen LogP contribution in [0.15, 0.2) is 6.33 Å². The zero-order chi connectivity index (χ0) is 15.9. The van der Waals surface area contributed by atoms with Crippen LogP contribution in [-0.4, -0.2) is 68.0 Å². The van der Waals surface area contributed by atoms with Crippen LogP contribution in [0, 0.1) is 11.3 Å². The third kappa shape index (κ3) is 2.82. The topological polar surface area (TPSA) is 84.2 Å². The van der Waals surface area contributed by atoms with Crippen molar-refractivity contribution in [3.05, 3.63) is 6.33 Å². The third-order valence-electron chi connectivity index (χ3n) is 5.39. The van der Waals surface area contributed by atoms with Gasteiger partial charge in [0.15, 0.2) is 0 Å². The molecule has 1 aliphatic carbocycles. The maximum atomic E-state index is 12.9. The van der Waals surface area contributed by atoms with Crippen molar-refractivity contribution in [3.63, 3.8) is 0 Å². The lowest BCUT2D eigenvalue weighted by Gasteiger charge is -2.39. The van der Waals surface area contributed by atoms with Crippen LogP contribution in [0.1, 0.15) is 32.1 Å². The van der Waals surface area contributed by atoms with Gasteiger partial charge in [0, 0.05) is 26.2 Å². The van der Waals surface area contributed by atoms with Crippen LogP contribution in [0.3, 0.4) is 0 Å². The largest absolute Gasteiger partial charge is 0.342 e. The fourth-order valence-electron chi connectivity index (χ4n) is 3.89. The molecule has 0 radical (unpaired) electrons. The number of nitrogens with zero attached hydrogens (tertiary/aromatic N) is 6. The monoisotopic (exact) mass is 318 g/mol. The van der Waals surface area contributed by atoms with Gasteiger partial charge in [0.2, 0.25) is 11.8 Å². The zero-order valence-electron chi connectivity index (χ0n) is 13.2. The fraction of sp³-hybridized carbons (Fsp3) is 0.800. The summed E-state index contributed by atoms with van der Waals surface area (Å²) in [5.41, 5.74) is -0.344. The molecule has 3 fully saturated rings. The van der Waals surface area contributed by atoms with Gasteiger partial charge in [0.1, 0.15) is 12.9 Å². The summed E-state index contributed by atoms with van der Waals surface area (Å²) in [6, 6.07) is 0. The number of carbonyl (C=O) groups excluding carboxylic acids is 2. The van der Waals surface area contributed by atoms with E-state index in [1.54, 1.807) is 4.90 Å². The second-order valence-electron chi connectivity index (χ2n) is 7.15. The molecule has 2 saturated heterocycles. The molecule has 8 heteroatoms. The highest BCUT2D eigenvalue weighted by Gasteiger charge is 2.49. The van der Waals surface area contributed by atoms with Crippen molar-refractivity contribution in [2.24, 2.45) is 11.3 Å². The molecule has 2 aliphatic heterocycles. The van der Waals surface area contributed by atoms with Crippen molar-refractivity contribution in [2.45, 2.75) is 38.6 Å². The van der Waals surface area contributed by atoms with Crippen LogP contribution < -0.4 is 0 Å². The van der Waals surface area contributed by atoms with Crippen LogP contribution >= 0.6 is 0 Å². The summed E-state index contributed by atoms with van der Waals surface area (Å²) in [4.78, 5) is 29.2. The molecule has 1 aromatic rings. The lowest BCUT2D eigenvalue weighted by molar-refractivity contribution is -0.146. The highest BCUT2D eigenvalue weighted by Crippen LogP contribution is 2.41. The second kappa shape index (κ2) is 5.58. The lowest BCUT2D eigenvalue weighted by atomic mass is 9.78. The highest BCUT2D eigenvalue weighted by atomic mass is 16.2. The van der Waals surface area contributed by atoms with Crippen molar-refractivity contribution in [3.8, 4) is 0 Å². The fourth-order valence-corrected chi connectivity index (χ4v) is 3.89. The van der Waals surface area contributed by atoms with Gasteiger partial charge >= 0.3 is 0 Å². The van der Waals surface area contributed by atoms with Gasteiger partial charge < -0.3 is 9.80 Å². The Morgan fingerprint density at radius 3 is 2.91 bits per heavy atom. The number of hydrogen-bond donors (Lipinski definition) is 0. The number of piperidine rings is 1. The Morgan fingerprint density at radius 2 is 2.17 bits per heavy atom. The molecule has 1 spiro atoms. The highest BCUT2D eigenvalue weighted by molar-refractivity contribution is 5.86. The van der Waals surface area contributed by atoms with Gasteiger partial charge in [-0.15, -0.1) is 5.10 Å². The molecule has 0 N–H and O–H groups in total. The Kier molecular flexibility index (Phi) is 3.54. The molecule has 0 aromatic carbocycles. The first kappa shape index (κ1) is 14.6. The summed E-state index contributed by atoms with van der Waals surface area (Å²) < 4.78 is 1.43. The van der Waals surface area contributed by atoms with Gasteiger partial charge in [0.25, 0.3) is 0 Å². The molecule has 3 heterocycles. The number of rotatable bonds is 4. The van der Waals surface area contributed by atoms with Gasteiger partial charge in [-0.1, -0.05) is 0 Å². The molecule has 2 amide bonds. The normalized spacial score (nSPS) is 27.9. The molecule has 1 aromatic heterocycles. The average molecular weight is 318 g/mol. The molecule has 1 saturated carbocycles. The maximum Gasteiger partial charge on any atom is 0.244 e. The predicted molar refractivity (Wildman–Crippen MR) is 80.0 cm³/mol. The second-order valence-corrected chi connectivity index (χ2v) is 7.15. The molecule has 0 unspecified atom stereocenters. The van der Waals surface area contributed by atoms with Gasteiger partial charge in [-0.25, -0.2) is 4.68 Å². The minimum absolute atomic E-state index is 0.0127. The van der Waals surface area contributed by atoms with Crippen LogP contribution in [0.4, 0.5) is 0 Å². The van der Waals surface area contributed by atoms with Crippen molar-refractivity contribution in [2.75, 3.05) is 26.2 Å². The summed E-state index contributed by atoms with van der Waals surface area (Å²) in [5, 5.41) is 10.8. The van der Waals surface area contributed by atoms with E-state index in [9.17, 15) is 9.59 Å². The Morgan fingerprint density at radius 1 is 1.30 bits per heavy atom. The first-order chi connectivity index (χ1) is 11.2. The predicted octanol–water partition coefficient (Wildman–Crippen LogP) is -0.0758. The van der Waals surface area contributed by atoms with Crippen molar-refractivity contribution >= 4 is 11.8 Å². The maximum absolute atomic E-state index is 12.9. The van der Waals surface area contributed by atoms with Gasteiger partial charge in [-0.3, -0.25) is 9.59 Å². The minimum atomic E-state index is -0.344. The number of hydrogen-bond acceptors (Lipinski definition) is 5. The van der Waals surface area contributed by atoms with E-state index >= 15 is 0 Å². The Hall–Kier alpha value is -1.99. The number of likely N-dealkylation sites (tertiary alicyclic amines) is 2. The zero-order valence-corrected chi connectivity index (χ0v) is 13.2. The Bertz CT molecular complexity index is 599. The molecule has 8 nitrogen and oxygen atoms in total. The van der Waals surface area contributed by atoms with Crippen LogP contribution in [-0.2, 0) is 16.1 Å². The molecule has 3 aliphatic rings. The summed E-state index contributed by atoms with van der Waals surface area (Å²) >= 11 is 0. The van der Waals surface area contributed by atoms with Gasteiger partial charge in [0.05, 0.1) is 5.41 Å². The molecule has 23 heavy (non-hydrogen) atoms. The molecule has 0 bridgehead atoms. The minimum Gasteiger partial charge on any atom is -0.342 e. The van der Waals surface area contributed by atoms with Crippen LogP contribution in [0.5, 0.6) is 0 Å². The molecule has 124 valence electrons. The summed E-state index contributed by atoms with van der Waals surface area (Å²) in [6.45, 7) is 3.15. The lowest BCUT2D eigenvalue weighted by Crippen LogP contribution is -2.51. The van der Waals surface area contributed by atoms with E-state index in [4.69, 9.17) is 0 Å². The SMILES string of the molecule is O=C(Cn1cnnn1)N1CC[C@]2(CCCN(CC3CC3)C2=O)C1. The molecule has 1 atom stereocenters. The molecular weight excluding hydrogens is 296 g/mol. The van der Waals surface area contributed by atoms with E-state index in [1.165, 1.54) is 23.9 Å². The number of aromatic nitrogens is 4. The number of carbonyl (C=O) groups is 2. The van der Waals surface area contributed by atoms with Gasteiger partial charge in [-0.2, -0.15) is 0 Å². The van der Waals surface area contributed by atoms with Crippen LogP contribution in [0.2, 0.25) is 0 Å². The van der Waals surface area contributed by atoms with Crippen molar-refractivity contribution in [1.82, 2.24) is 30.0 Å². The number of amides is 2. The first-order valence-electron chi connectivity index (χ1n) is 8.44. The van der Waals surface area contributed by atoms with E-state index in [0.717, 1.165) is 32.4 Å². The van der Waals surface area contributed by atoms with E-state index in [2.05, 4.69) is 20.4 Å².